The van der Waals surface area contributed by atoms with Crippen molar-refractivity contribution in [3.05, 3.63) is 12.7 Å². The van der Waals surface area contributed by atoms with Crippen LogP contribution in [0.4, 0.5) is 0 Å². The number of ether oxygens (including phenoxy) is 1. The lowest BCUT2D eigenvalue weighted by Crippen LogP contribution is -2.27. The van der Waals surface area contributed by atoms with Crippen LogP contribution in [0.3, 0.4) is 0 Å². The highest BCUT2D eigenvalue weighted by Gasteiger charge is 2.12. The monoisotopic (exact) mass is 190 g/mol. The Balaban J connectivity index is 3.52. The van der Waals surface area contributed by atoms with Crippen molar-refractivity contribution in [3.8, 4) is 0 Å². The van der Waals surface area contributed by atoms with E-state index >= 15 is 0 Å². The first-order valence-corrected chi connectivity index (χ1v) is 3.82. The summed E-state index contributed by atoms with van der Waals surface area (Å²) >= 11 is 0. The molecule has 0 saturated heterocycles. The Labute approximate surface area is 76.3 Å². The maximum absolute atomic E-state index is 10.7. The normalized spacial score (nSPS) is 15.0. The molecule has 0 rings (SSSR count). The lowest BCUT2D eigenvalue weighted by molar-refractivity contribution is -0.126. The van der Waals surface area contributed by atoms with Crippen molar-refractivity contribution in [1.82, 2.24) is 0 Å². The van der Waals surface area contributed by atoms with Crippen molar-refractivity contribution in [2.45, 2.75) is 12.2 Å². The first-order chi connectivity index (χ1) is 6.11. The number of ketones is 1. The van der Waals surface area contributed by atoms with Gasteiger partial charge in [-0.2, -0.15) is 0 Å². The molecule has 2 atom stereocenters. The minimum atomic E-state index is -1.25. The predicted octanol–water partition coefficient (Wildman–Crippen LogP) is -1.53. The van der Waals surface area contributed by atoms with Crippen molar-refractivity contribution >= 4 is 5.78 Å². The van der Waals surface area contributed by atoms with Crippen LogP contribution in [-0.4, -0.2) is 53.1 Å². The summed E-state index contributed by atoms with van der Waals surface area (Å²) in [5.74, 6) is -0.529. The smallest absolute Gasteiger partial charge is 0.185 e. The quantitative estimate of drug-likeness (QED) is 0.424. The molecule has 5 nitrogen and oxygen atoms in total. The number of aliphatic hydroxyl groups excluding tert-OH is 3. The van der Waals surface area contributed by atoms with Gasteiger partial charge in [0.1, 0.15) is 12.2 Å². The Kier molecular flexibility index (Phi) is 6.34. The molecule has 5 heteroatoms. The minimum absolute atomic E-state index is 0.113. The standard InChI is InChI=1S/C8H14O5/c1-2-7(11)8(12)5-13-4-6(10)3-9/h2,6,8-10,12H,1,3-5H2. The zero-order valence-electron chi connectivity index (χ0n) is 7.22. The Morgan fingerprint density at radius 3 is 2.54 bits per heavy atom. The molecule has 0 aliphatic heterocycles. The molecule has 2 unspecified atom stereocenters. The van der Waals surface area contributed by atoms with E-state index in [4.69, 9.17) is 20.1 Å². The van der Waals surface area contributed by atoms with Gasteiger partial charge in [0.15, 0.2) is 5.78 Å². The van der Waals surface area contributed by atoms with E-state index in [0.29, 0.717) is 0 Å². The van der Waals surface area contributed by atoms with Gasteiger partial charge in [-0.05, 0) is 6.08 Å². The zero-order valence-corrected chi connectivity index (χ0v) is 7.22. The molecule has 0 amide bonds. The average Bonchev–Trinajstić information content (AvgIpc) is 2.15. The molecule has 0 aliphatic carbocycles. The summed E-state index contributed by atoms with van der Waals surface area (Å²) in [7, 11) is 0. The molecule has 0 heterocycles. The lowest BCUT2D eigenvalue weighted by atomic mass is 10.2. The fourth-order valence-electron chi connectivity index (χ4n) is 0.587. The van der Waals surface area contributed by atoms with Gasteiger partial charge in [0.2, 0.25) is 0 Å². The Bertz CT molecular complexity index is 168. The highest BCUT2D eigenvalue weighted by molar-refractivity contribution is 5.92. The molecular weight excluding hydrogens is 176 g/mol. The molecule has 0 radical (unpaired) electrons. The average molecular weight is 190 g/mol. The van der Waals surface area contributed by atoms with E-state index in [1.807, 2.05) is 0 Å². The highest BCUT2D eigenvalue weighted by atomic mass is 16.5. The summed E-state index contributed by atoms with van der Waals surface area (Å²) in [5, 5.41) is 26.2. The van der Waals surface area contributed by atoms with Crippen LogP contribution in [0.25, 0.3) is 0 Å². The van der Waals surface area contributed by atoms with Gasteiger partial charge >= 0.3 is 0 Å². The Morgan fingerprint density at radius 2 is 2.08 bits per heavy atom. The first kappa shape index (κ1) is 12.2. The van der Waals surface area contributed by atoms with E-state index in [-0.39, 0.29) is 13.2 Å². The summed E-state index contributed by atoms with van der Waals surface area (Å²) in [6.45, 7) is 2.46. The molecule has 0 aliphatic rings. The molecule has 76 valence electrons. The molecule has 0 aromatic rings. The minimum Gasteiger partial charge on any atom is -0.394 e. The maximum Gasteiger partial charge on any atom is 0.185 e. The molecular formula is C8H14O5. The van der Waals surface area contributed by atoms with Gasteiger partial charge in [0.25, 0.3) is 0 Å². The molecule has 0 saturated carbocycles. The van der Waals surface area contributed by atoms with Crippen LogP contribution in [0.1, 0.15) is 0 Å². The van der Waals surface area contributed by atoms with E-state index < -0.39 is 24.6 Å². The predicted molar refractivity (Wildman–Crippen MR) is 45.1 cm³/mol. The maximum atomic E-state index is 10.7. The number of hydrogen-bond donors (Lipinski definition) is 3. The summed E-state index contributed by atoms with van der Waals surface area (Å²) < 4.78 is 4.74. The van der Waals surface area contributed by atoms with Gasteiger partial charge < -0.3 is 20.1 Å². The van der Waals surface area contributed by atoms with Gasteiger partial charge in [0.05, 0.1) is 19.8 Å². The van der Waals surface area contributed by atoms with Gasteiger partial charge in [0, 0.05) is 0 Å². The second kappa shape index (κ2) is 6.73. The SMILES string of the molecule is C=CC(=O)C(O)COCC(O)CO. The number of rotatable bonds is 7. The summed E-state index contributed by atoms with van der Waals surface area (Å²) in [5.41, 5.74) is 0. The van der Waals surface area contributed by atoms with E-state index in [2.05, 4.69) is 6.58 Å². The van der Waals surface area contributed by atoms with E-state index in [1.165, 1.54) is 0 Å². The molecule has 0 aromatic heterocycles. The van der Waals surface area contributed by atoms with Gasteiger partial charge in [-0.15, -0.1) is 0 Å². The topological polar surface area (TPSA) is 87.0 Å². The molecule has 0 aromatic carbocycles. The number of aliphatic hydroxyl groups is 3. The molecule has 0 spiro atoms. The van der Waals surface area contributed by atoms with Crippen molar-refractivity contribution in [2.75, 3.05) is 19.8 Å². The van der Waals surface area contributed by atoms with E-state index in [9.17, 15) is 4.79 Å². The van der Waals surface area contributed by atoms with Crippen LogP contribution in [0.15, 0.2) is 12.7 Å². The van der Waals surface area contributed by atoms with Gasteiger partial charge in [-0.25, -0.2) is 0 Å². The van der Waals surface area contributed by atoms with Crippen LogP contribution in [0, 0.1) is 0 Å². The van der Waals surface area contributed by atoms with Crippen LogP contribution >= 0.6 is 0 Å². The van der Waals surface area contributed by atoms with Crippen LogP contribution < -0.4 is 0 Å². The molecule has 3 N–H and O–H groups in total. The third-order valence-corrected chi connectivity index (χ3v) is 1.33. The Hall–Kier alpha value is -0.750. The third kappa shape index (κ3) is 5.48. The summed E-state index contributed by atoms with van der Waals surface area (Å²) in [6.07, 6.45) is -1.23. The third-order valence-electron chi connectivity index (χ3n) is 1.33. The highest BCUT2D eigenvalue weighted by Crippen LogP contribution is 1.91. The van der Waals surface area contributed by atoms with Gasteiger partial charge in [-0.1, -0.05) is 6.58 Å². The van der Waals surface area contributed by atoms with Crippen molar-refractivity contribution < 1.29 is 24.9 Å². The summed E-state index contributed by atoms with van der Waals surface area (Å²) in [6, 6.07) is 0. The van der Waals surface area contributed by atoms with Crippen molar-refractivity contribution in [3.63, 3.8) is 0 Å². The zero-order chi connectivity index (χ0) is 10.3. The molecule has 0 bridgehead atoms. The number of carbonyl (C=O) groups excluding carboxylic acids is 1. The van der Waals surface area contributed by atoms with Crippen molar-refractivity contribution in [2.24, 2.45) is 0 Å². The lowest BCUT2D eigenvalue weighted by Gasteiger charge is -2.10. The number of carbonyl (C=O) groups is 1. The molecule has 13 heavy (non-hydrogen) atoms. The first-order valence-electron chi connectivity index (χ1n) is 3.82. The van der Waals surface area contributed by atoms with Crippen molar-refractivity contribution in [1.29, 1.82) is 0 Å². The largest absolute Gasteiger partial charge is 0.394 e. The second-order valence-electron chi connectivity index (χ2n) is 2.50. The second-order valence-corrected chi connectivity index (χ2v) is 2.50. The molecule has 0 fully saturated rings. The summed E-state index contributed by atoms with van der Waals surface area (Å²) in [4.78, 5) is 10.7. The number of hydrogen-bond acceptors (Lipinski definition) is 5. The van der Waals surface area contributed by atoms with Crippen LogP contribution in [0.2, 0.25) is 0 Å². The van der Waals surface area contributed by atoms with Crippen LogP contribution in [0.5, 0.6) is 0 Å². The van der Waals surface area contributed by atoms with Gasteiger partial charge in [-0.3, -0.25) is 4.79 Å². The van der Waals surface area contributed by atoms with Crippen LogP contribution in [-0.2, 0) is 9.53 Å². The fourth-order valence-corrected chi connectivity index (χ4v) is 0.587. The van der Waals surface area contributed by atoms with E-state index in [1.54, 1.807) is 0 Å². The fraction of sp³-hybridized carbons (Fsp3) is 0.625. The van der Waals surface area contributed by atoms with E-state index in [0.717, 1.165) is 6.08 Å². The Morgan fingerprint density at radius 1 is 1.46 bits per heavy atom.